The van der Waals surface area contributed by atoms with Crippen molar-refractivity contribution in [3.8, 4) is 11.1 Å². The van der Waals surface area contributed by atoms with Gasteiger partial charge in [0, 0.05) is 42.0 Å². The second-order valence-electron chi connectivity index (χ2n) is 11.3. The molecular formula is C37H37NO8S. The number of ether oxygens (including phenoxy) is 2. The van der Waals surface area contributed by atoms with Crippen LogP contribution in [0.15, 0.2) is 102 Å². The van der Waals surface area contributed by atoms with Crippen molar-refractivity contribution in [1.29, 1.82) is 0 Å². The standard InChI is InChI=1S/C37H37NO8S/c39-22-24-14-16-26(17-15-24)32-20-30(23-47-33-11-2-1-10-31(33)36(43)44)45-37(46-32)29-9-4-8-28(19-29)27-7-3-6-25(18-27)21-38-34(40)12-5-13-35(41)42/h1-4,6-11,14-19,30,32,37,39H,5,12-13,20-23H2,(H,38,40)(H,41,42)(H,43,44). The molecule has 244 valence electrons. The van der Waals surface area contributed by atoms with Crippen LogP contribution in [-0.4, -0.2) is 45.0 Å². The molecule has 0 bridgehead atoms. The topological polar surface area (TPSA) is 142 Å². The summed E-state index contributed by atoms with van der Waals surface area (Å²) < 4.78 is 13.0. The summed E-state index contributed by atoms with van der Waals surface area (Å²) in [6.07, 6.45) is -0.220. The number of thioether (sulfide) groups is 1. The largest absolute Gasteiger partial charge is 0.481 e. The Balaban J connectivity index is 1.33. The third-order valence-electron chi connectivity index (χ3n) is 7.86. The van der Waals surface area contributed by atoms with Gasteiger partial charge in [-0.2, -0.15) is 0 Å². The van der Waals surface area contributed by atoms with Gasteiger partial charge in [-0.05, 0) is 58.5 Å². The number of aliphatic hydroxyl groups excluding tert-OH is 1. The van der Waals surface area contributed by atoms with Gasteiger partial charge in [0.05, 0.1) is 24.4 Å². The third-order valence-corrected chi connectivity index (χ3v) is 9.07. The first kappa shape index (κ1) is 33.9. The molecule has 3 unspecified atom stereocenters. The normalized spacial score (nSPS) is 17.6. The van der Waals surface area contributed by atoms with Crippen LogP contribution >= 0.6 is 11.8 Å². The van der Waals surface area contributed by atoms with Crippen molar-refractivity contribution in [1.82, 2.24) is 5.32 Å². The highest BCUT2D eigenvalue weighted by Gasteiger charge is 2.32. The summed E-state index contributed by atoms with van der Waals surface area (Å²) in [4.78, 5) is 35.3. The molecule has 0 aliphatic carbocycles. The molecule has 10 heteroatoms. The number of hydrogen-bond acceptors (Lipinski definition) is 7. The Morgan fingerprint density at radius 3 is 2.28 bits per heavy atom. The van der Waals surface area contributed by atoms with Gasteiger partial charge < -0.3 is 30.1 Å². The molecule has 1 aliphatic rings. The number of rotatable bonds is 14. The van der Waals surface area contributed by atoms with Crippen LogP contribution in [0, 0.1) is 0 Å². The highest BCUT2D eigenvalue weighted by molar-refractivity contribution is 7.99. The molecule has 0 radical (unpaired) electrons. The molecule has 1 heterocycles. The summed E-state index contributed by atoms with van der Waals surface area (Å²) in [5.41, 5.74) is 5.67. The summed E-state index contributed by atoms with van der Waals surface area (Å²) in [6, 6.07) is 30.4. The van der Waals surface area contributed by atoms with E-state index in [0.29, 0.717) is 30.0 Å². The number of nitrogens with one attached hydrogen (secondary N) is 1. The van der Waals surface area contributed by atoms with E-state index in [0.717, 1.165) is 33.4 Å². The summed E-state index contributed by atoms with van der Waals surface area (Å²) >= 11 is 1.45. The predicted molar refractivity (Wildman–Crippen MR) is 178 cm³/mol. The molecule has 0 saturated carbocycles. The van der Waals surface area contributed by atoms with E-state index in [9.17, 15) is 24.6 Å². The molecule has 0 spiro atoms. The van der Waals surface area contributed by atoms with E-state index in [1.807, 2.05) is 78.9 Å². The van der Waals surface area contributed by atoms with Crippen molar-refractivity contribution in [2.45, 2.75) is 62.2 Å². The second kappa shape index (κ2) is 16.4. The molecule has 4 aromatic rings. The Bertz CT molecular complexity index is 1690. The van der Waals surface area contributed by atoms with E-state index in [1.165, 1.54) is 11.8 Å². The molecule has 5 rings (SSSR count). The van der Waals surface area contributed by atoms with Crippen molar-refractivity contribution in [3.63, 3.8) is 0 Å². The number of hydrogen-bond donors (Lipinski definition) is 4. The van der Waals surface area contributed by atoms with Crippen LogP contribution in [-0.2, 0) is 32.2 Å². The van der Waals surface area contributed by atoms with Gasteiger partial charge in [-0.15, -0.1) is 11.8 Å². The molecule has 1 saturated heterocycles. The number of carboxylic acids is 2. The fourth-order valence-corrected chi connectivity index (χ4v) is 6.46. The van der Waals surface area contributed by atoms with Gasteiger partial charge >= 0.3 is 11.9 Å². The van der Waals surface area contributed by atoms with Gasteiger partial charge in [-0.3, -0.25) is 9.59 Å². The lowest BCUT2D eigenvalue weighted by atomic mass is 9.99. The van der Waals surface area contributed by atoms with E-state index in [1.54, 1.807) is 18.2 Å². The SMILES string of the molecule is O=C(O)CCCC(=O)NCc1cccc(-c2cccc(C3OC(CSc4ccccc4C(=O)O)CC(c4ccc(CO)cc4)O3)c2)c1. The number of aliphatic hydroxyl groups is 1. The van der Waals surface area contributed by atoms with Crippen LogP contribution in [0.1, 0.15) is 70.7 Å². The fourth-order valence-electron chi connectivity index (χ4n) is 5.39. The van der Waals surface area contributed by atoms with Crippen LogP contribution < -0.4 is 5.32 Å². The lowest BCUT2D eigenvalue weighted by Crippen LogP contribution is -2.31. The zero-order chi connectivity index (χ0) is 33.2. The number of aromatic carboxylic acids is 1. The van der Waals surface area contributed by atoms with Crippen LogP contribution in [0.25, 0.3) is 11.1 Å². The molecule has 9 nitrogen and oxygen atoms in total. The molecule has 1 aliphatic heterocycles. The molecule has 0 aromatic heterocycles. The van der Waals surface area contributed by atoms with E-state index in [-0.39, 0.29) is 43.1 Å². The Kier molecular flexibility index (Phi) is 11.8. The maximum absolute atomic E-state index is 12.2. The highest BCUT2D eigenvalue weighted by atomic mass is 32.2. The smallest absolute Gasteiger partial charge is 0.336 e. The summed E-state index contributed by atoms with van der Waals surface area (Å²) in [7, 11) is 0. The van der Waals surface area contributed by atoms with Crippen LogP contribution in [0.5, 0.6) is 0 Å². The van der Waals surface area contributed by atoms with Gasteiger partial charge in [-0.1, -0.05) is 72.8 Å². The lowest BCUT2D eigenvalue weighted by molar-refractivity contribution is -0.245. The molecule has 1 amide bonds. The molecule has 3 atom stereocenters. The van der Waals surface area contributed by atoms with Crippen molar-refractivity contribution >= 4 is 29.6 Å². The number of amides is 1. The maximum atomic E-state index is 12.2. The van der Waals surface area contributed by atoms with Crippen LogP contribution in [0.4, 0.5) is 0 Å². The van der Waals surface area contributed by atoms with E-state index >= 15 is 0 Å². The van der Waals surface area contributed by atoms with Gasteiger partial charge in [-0.25, -0.2) is 4.79 Å². The van der Waals surface area contributed by atoms with Gasteiger partial charge in [0.2, 0.25) is 5.91 Å². The minimum Gasteiger partial charge on any atom is -0.481 e. The molecule has 4 aromatic carbocycles. The Labute approximate surface area is 277 Å². The monoisotopic (exact) mass is 655 g/mol. The highest BCUT2D eigenvalue weighted by Crippen LogP contribution is 2.40. The van der Waals surface area contributed by atoms with Crippen molar-refractivity contribution in [2.24, 2.45) is 0 Å². The van der Waals surface area contributed by atoms with Crippen molar-refractivity contribution in [2.75, 3.05) is 5.75 Å². The van der Waals surface area contributed by atoms with Crippen LogP contribution in [0.2, 0.25) is 0 Å². The van der Waals surface area contributed by atoms with E-state index < -0.39 is 18.2 Å². The van der Waals surface area contributed by atoms with Gasteiger partial charge in [0.15, 0.2) is 6.29 Å². The number of aliphatic carboxylic acids is 1. The quantitative estimate of drug-likeness (QED) is 0.109. The van der Waals surface area contributed by atoms with Crippen molar-refractivity contribution < 1.29 is 39.2 Å². The number of benzene rings is 4. The van der Waals surface area contributed by atoms with Gasteiger partial charge in [0.25, 0.3) is 0 Å². The first-order valence-corrected chi connectivity index (χ1v) is 16.4. The van der Waals surface area contributed by atoms with Gasteiger partial charge in [0.1, 0.15) is 0 Å². The minimum absolute atomic E-state index is 0.0390. The fraction of sp³-hybridized carbons (Fsp3) is 0.270. The van der Waals surface area contributed by atoms with Crippen molar-refractivity contribution in [3.05, 3.63) is 125 Å². The average Bonchev–Trinajstić information content (AvgIpc) is 3.10. The number of carbonyl (C=O) groups is 3. The molecular weight excluding hydrogens is 618 g/mol. The number of carbonyl (C=O) groups excluding carboxylic acids is 1. The maximum Gasteiger partial charge on any atom is 0.336 e. The molecule has 1 fully saturated rings. The minimum atomic E-state index is -0.972. The third kappa shape index (κ3) is 9.52. The molecule has 4 N–H and O–H groups in total. The van der Waals surface area contributed by atoms with Crippen LogP contribution in [0.3, 0.4) is 0 Å². The van der Waals surface area contributed by atoms with E-state index in [4.69, 9.17) is 14.6 Å². The Morgan fingerprint density at radius 2 is 1.53 bits per heavy atom. The molecule has 47 heavy (non-hydrogen) atoms. The summed E-state index contributed by atoms with van der Waals surface area (Å²) in [5, 5.41) is 30.8. The zero-order valence-electron chi connectivity index (χ0n) is 25.7. The van der Waals surface area contributed by atoms with E-state index in [2.05, 4.69) is 5.32 Å². The zero-order valence-corrected chi connectivity index (χ0v) is 26.5. The summed E-state index contributed by atoms with van der Waals surface area (Å²) in [5.74, 6) is -1.55. The second-order valence-corrected chi connectivity index (χ2v) is 12.4. The number of carboxylic acid groups (broad SMARTS) is 2. The summed E-state index contributed by atoms with van der Waals surface area (Å²) in [6.45, 7) is 0.280. The Hall–Kier alpha value is -4.48. The average molecular weight is 656 g/mol. The predicted octanol–water partition coefficient (Wildman–Crippen LogP) is 6.75. The first-order valence-electron chi connectivity index (χ1n) is 15.4. The Morgan fingerprint density at radius 1 is 0.787 bits per heavy atom. The lowest BCUT2D eigenvalue weighted by Gasteiger charge is -2.36. The first-order chi connectivity index (χ1) is 22.8.